The molecule has 0 saturated carbocycles. The Morgan fingerprint density at radius 3 is 2.69 bits per heavy atom. The molecule has 3 N–H and O–H groups in total. The van der Waals surface area contributed by atoms with Crippen LogP contribution in [0.4, 0.5) is 0 Å². The third kappa shape index (κ3) is 5.16. The summed E-state index contributed by atoms with van der Waals surface area (Å²) in [5.41, 5.74) is 2.22. The van der Waals surface area contributed by atoms with Gasteiger partial charge in [0.1, 0.15) is 0 Å². The van der Waals surface area contributed by atoms with Crippen LogP contribution in [-0.2, 0) is 22.6 Å². The Morgan fingerprint density at radius 2 is 2.08 bits per heavy atom. The van der Waals surface area contributed by atoms with Gasteiger partial charge in [0.2, 0.25) is 11.8 Å². The molecule has 142 valence electrons. The predicted molar refractivity (Wildman–Crippen MR) is 99.2 cm³/mol. The van der Waals surface area contributed by atoms with Gasteiger partial charge in [-0.1, -0.05) is 30.3 Å². The molecule has 2 amide bonds. The number of rotatable bonds is 8. The molecule has 6 heteroatoms. The first kappa shape index (κ1) is 20.1. The number of aliphatic hydroxyl groups is 2. The van der Waals surface area contributed by atoms with E-state index in [1.165, 1.54) is 0 Å². The number of nitrogens with zero attached hydrogens (tertiary/aromatic N) is 1. The van der Waals surface area contributed by atoms with E-state index < -0.39 is 12.0 Å². The third-order valence-electron chi connectivity index (χ3n) is 4.70. The summed E-state index contributed by atoms with van der Waals surface area (Å²) >= 11 is 0. The molecule has 3 atom stereocenters. The van der Waals surface area contributed by atoms with E-state index >= 15 is 0 Å². The lowest BCUT2D eigenvalue weighted by molar-refractivity contribution is -0.139. The van der Waals surface area contributed by atoms with Gasteiger partial charge in [0.25, 0.3) is 0 Å². The number of fused-ring (bicyclic) bond motifs is 1. The maximum atomic E-state index is 12.9. The molecule has 1 aromatic rings. The van der Waals surface area contributed by atoms with Crippen LogP contribution in [0.25, 0.3) is 0 Å². The van der Waals surface area contributed by atoms with Gasteiger partial charge in [-0.3, -0.25) is 9.59 Å². The molecule has 0 spiro atoms. The van der Waals surface area contributed by atoms with Crippen molar-refractivity contribution >= 4 is 11.8 Å². The molecular formula is C20H28N2O4. The number of hydrogen-bond acceptors (Lipinski definition) is 4. The van der Waals surface area contributed by atoms with Gasteiger partial charge in [-0.05, 0) is 30.9 Å². The molecule has 1 aliphatic heterocycles. The van der Waals surface area contributed by atoms with Gasteiger partial charge in [-0.25, -0.2) is 0 Å². The normalized spacial score (nSPS) is 18.6. The maximum Gasteiger partial charge on any atom is 0.224 e. The van der Waals surface area contributed by atoms with Crippen molar-refractivity contribution in [3.05, 3.63) is 48.0 Å². The van der Waals surface area contributed by atoms with Crippen molar-refractivity contribution in [1.29, 1.82) is 0 Å². The molecule has 0 radical (unpaired) electrons. The van der Waals surface area contributed by atoms with Crippen molar-refractivity contribution in [1.82, 2.24) is 10.2 Å². The lowest BCUT2D eigenvalue weighted by Gasteiger charge is -2.36. The summed E-state index contributed by atoms with van der Waals surface area (Å²) < 4.78 is 0. The topological polar surface area (TPSA) is 89.9 Å². The van der Waals surface area contributed by atoms with E-state index in [0.29, 0.717) is 19.4 Å². The Bertz CT molecular complexity index is 644. The fourth-order valence-electron chi connectivity index (χ4n) is 3.25. The highest BCUT2D eigenvalue weighted by atomic mass is 16.3. The fourth-order valence-corrected chi connectivity index (χ4v) is 3.25. The van der Waals surface area contributed by atoms with E-state index in [4.69, 9.17) is 0 Å². The summed E-state index contributed by atoms with van der Waals surface area (Å²) in [5.74, 6) is -0.954. The van der Waals surface area contributed by atoms with Crippen molar-refractivity contribution in [2.45, 2.75) is 44.9 Å². The monoisotopic (exact) mass is 360 g/mol. The van der Waals surface area contributed by atoms with E-state index in [9.17, 15) is 19.8 Å². The van der Waals surface area contributed by atoms with Crippen molar-refractivity contribution in [3.8, 4) is 0 Å². The van der Waals surface area contributed by atoms with Crippen molar-refractivity contribution in [2.75, 3.05) is 13.2 Å². The van der Waals surface area contributed by atoms with Crippen LogP contribution in [0.3, 0.4) is 0 Å². The van der Waals surface area contributed by atoms with Gasteiger partial charge in [0.15, 0.2) is 0 Å². The van der Waals surface area contributed by atoms with Crippen LogP contribution < -0.4 is 5.32 Å². The number of carbonyl (C=O) groups excluding carboxylic acids is 2. The maximum absolute atomic E-state index is 12.9. The third-order valence-corrected chi connectivity index (χ3v) is 4.70. The zero-order valence-electron chi connectivity index (χ0n) is 15.2. The van der Waals surface area contributed by atoms with Crippen LogP contribution in [0.15, 0.2) is 36.9 Å². The Labute approximate surface area is 154 Å². The molecule has 2 rings (SSSR count). The van der Waals surface area contributed by atoms with Crippen LogP contribution in [0.1, 0.15) is 30.9 Å². The average molecular weight is 360 g/mol. The molecule has 0 aliphatic carbocycles. The summed E-state index contributed by atoms with van der Waals surface area (Å²) in [6.07, 6.45) is 2.02. The van der Waals surface area contributed by atoms with E-state index in [-0.39, 0.29) is 37.4 Å². The number of benzene rings is 1. The quantitative estimate of drug-likeness (QED) is 0.604. The first-order valence-corrected chi connectivity index (χ1v) is 9.00. The predicted octanol–water partition coefficient (Wildman–Crippen LogP) is 1.01. The molecule has 0 aromatic heterocycles. The number of aliphatic hydroxyl groups excluding tert-OH is 2. The minimum Gasteiger partial charge on any atom is -0.394 e. The highest BCUT2D eigenvalue weighted by molar-refractivity contribution is 5.86. The number of nitrogens with one attached hydrogen (secondary N) is 1. The Morgan fingerprint density at radius 1 is 1.38 bits per heavy atom. The SMILES string of the molecule is C=CC[C@H](CC(=O)N1Cc2ccccc2C[C@H]1CO)C(=O)NC[C@H](C)O. The molecule has 0 bridgehead atoms. The molecule has 0 unspecified atom stereocenters. The van der Waals surface area contributed by atoms with Crippen molar-refractivity contribution in [2.24, 2.45) is 5.92 Å². The van der Waals surface area contributed by atoms with E-state index in [1.54, 1.807) is 17.9 Å². The molecule has 6 nitrogen and oxygen atoms in total. The molecular weight excluding hydrogens is 332 g/mol. The van der Waals surface area contributed by atoms with Gasteiger partial charge in [-0.2, -0.15) is 0 Å². The molecule has 0 saturated heterocycles. The molecule has 1 heterocycles. The first-order valence-electron chi connectivity index (χ1n) is 9.00. The highest BCUT2D eigenvalue weighted by Gasteiger charge is 2.31. The summed E-state index contributed by atoms with van der Waals surface area (Å²) in [6.45, 7) is 5.73. The van der Waals surface area contributed by atoms with Crippen molar-refractivity contribution in [3.63, 3.8) is 0 Å². The summed E-state index contributed by atoms with van der Waals surface area (Å²) in [7, 11) is 0. The second-order valence-electron chi connectivity index (χ2n) is 6.85. The van der Waals surface area contributed by atoms with Gasteiger partial charge < -0.3 is 20.4 Å². The zero-order chi connectivity index (χ0) is 19.1. The first-order chi connectivity index (χ1) is 12.5. The van der Waals surface area contributed by atoms with Crippen LogP contribution in [0.5, 0.6) is 0 Å². The van der Waals surface area contributed by atoms with Crippen LogP contribution in [-0.4, -0.2) is 52.2 Å². The largest absolute Gasteiger partial charge is 0.394 e. The summed E-state index contributed by atoms with van der Waals surface area (Å²) in [5, 5.41) is 21.7. The second kappa shape index (κ2) is 9.50. The zero-order valence-corrected chi connectivity index (χ0v) is 15.2. The van der Waals surface area contributed by atoms with Crippen molar-refractivity contribution < 1.29 is 19.8 Å². The van der Waals surface area contributed by atoms with Gasteiger partial charge in [0, 0.05) is 19.5 Å². The Kier molecular flexibility index (Phi) is 7.36. The average Bonchev–Trinajstić information content (AvgIpc) is 2.64. The lowest BCUT2D eigenvalue weighted by Crippen LogP contribution is -2.47. The van der Waals surface area contributed by atoms with Gasteiger partial charge >= 0.3 is 0 Å². The molecule has 1 aromatic carbocycles. The van der Waals surface area contributed by atoms with E-state index in [0.717, 1.165) is 11.1 Å². The Hall–Kier alpha value is -2.18. The number of carbonyl (C=O) groups is 2. The van der Waals surface area contributed by atoms with Gasteiger partial charge in [-0.15, -0.1) is 6.58 Å². The summed E-state index contributed by atoms with van der Waals surface area (Å²) in [4.78, 5) is 26.8. The molecule has 0 fully saturated rings. The molecule has 26 heavy (non-hydrogen) atoms. The van der Waals surface area contributed by atoms with Crippen LogP contribution in [0.2, 0.25) is 0 Å². The Balaban J connectivity index is 2.07. The van der Waals surface area contributed by atoms with Crippen LogP contribution in [0, 0.1) is 5.92 Å². The summed E-state index contributed by atoms with van der Waals surface area (Å²) in [6, 6.07) is 7.62. The number of allylic oxidation sites excluding steroid dienone is 1. The van der Waals surface area contributed by atoms with Gasteiger partial charge in [0.05, 0.1) is 24.7 Å². The highest BCUT2D eigenvalue weighted by Crippen LogP contribution is 2.25. The standard InChI is InChI=1S/C20H28N2O4/c1-3-6-16(20(26)21-11-14(2)24)10-19(25)22-12-17-8-5-4-7-15(17)9-18(22)13-23/h3-5,7-8,14,16,18,23-24H,1,6,9-13H2,2H3,(H,21,26)/t14-,16+,18-/m0/s1. The van der Waals surface area contributed by atoms with E-state index in [2.05, 4.69) is 11.9 Å². The van der Waals surface area contributed by atoms with Crippen LogP contribution >= 0.6 is 0 Å². The number of amides is 2. The fraction of sp³-hybridized carbons (Fsp3) is 0.500. The molecule has 1 aliphatic rings. The number of hydrogen-bond donors (Lipinski definition) is 3. The minimum atomic E-state index is -0.642. The second-order valence-corrected chi connectivity index (χ2v) is 6.85. The minimum absolute atomic E-state index is 0.0519. The lowest BCUT2D eigenvalue weighted by atomic mass is 9.92. The smallest absolute Gasteiger partial charge is 0.224 e. The van der Waals surface area contributed by atoms with E-state index in [1.807, 2.05) is 24.3 Å².